The summed E-state index contributed by atoms with van der Waals surface area (Å²) in [7, 11) is 0. The van der Waals surface area contributed by atoms with Gasteiger partial charge in [0.25, 0.3) is 0 Å². The quantitative estimate of drug-likeness (QED) is 0.203. The molecule has 6 aromatic rings. The highest BCUT2D eigenvalue weighted by Crippen LogP contribution is 2.63. The number of anilines is 3. The minimum atomic E-state index is -0.341. The van der Waals surface area contributed by atoms with E-state index in [1.165, 1.54) is 55.7 Å². The van der Waals surface area contributed by atoms with E-state index in [0.29, 0.717) is 0 Å². The number of rotatable bonds is 4. The summed E-state index contributed by atoms with van der Waals surface area (Å²) in [6, 6.07) is 55.6. The minimum Gasteiger partial charge on any atom is -0.310 e. The van der Waals surface area contributed by atoms with Gasteiger partial charge in [-0.15, -0.1) is 0 Å². The molecular formula is C44H31N. The maximum absolute atomic E-state index is 2.47. The Morgan fingerprint density at radius 2 is 1.02 bits per heavy atom. The smallest absolute Gasteiger partial charge is 0.0692 e. The fraction of sp³-hybridized carbons (Fsp3) is 0.0455. The van der Waals surface area contributed by atoms with Crippen molar-refractivity contribution in [3.05, 3.63) is 204 Å². The Morgan fingerprint density at radius 1 is 0.444 bits per heavy atom. The van der Waals surface area contributed by atoms with Crippen molar-refractivity contribution in [1.82, 2.24) is 0 Å². The summed E-state index contributed by atoms with van der Waals surface area (Å²) in [5, 5.41) is 0. The first-order chi connectivity index (χ1) is 22.3. The van der Waals surface area contributed by atoms with Gasteiger partial charge in [-0.3, -0.25) is 0 Å². The molecule has 1 heteroatoms. The van der Waals surface area contributed by atoms with E-state index in [1.54, 1.807) is 0 Å². The highest BCUT2D eigenvalue weighted by molar-refractivity contribution is 5.98. The van der Waals surface area contributed by atoms with E-state index in [-0.39, 0.29) is 5.41 Å². The first kappa shape index (κ1) is 25.8. The van der Waals surface area contributed by atoms with E-state index in [9.17, 15) is 0 Å². The summed E-state index contributed by atoms with van der Waals surface area (Å²) in [5.74, 6) is 0. The van der Waals surface area contributed by atoms with Crippen LogP contribution in [0.15, 0.2) is 182 Å². The Morgan fingerprint density at radius 3 is 1.80 bits per heavy atom. The monoisotopic (exact) mass is 573 g/mol. The van der Waals surface area contributed by atoms with Crippen LogP contribution in [0.1, 0.15) is 28.7 Å². The van der Waals surface area contributed by atoms with Crippen LogP contribution in [0.5, 0.6) is 0 Å². The third-order valence-electron chi connectivity index (χ3n) is 9.76. The summed E-state index contributed by atoms with van der Waals surface area (Å²) in [5.41, 5.74) is 16.5. The highest BCUT2D eigenvalue weighted by atomic mass is 15.1. The lowest BCUT2D eigenvalue weighted by Gasteiger charge is -2.34. The lowest BCUT2D eigenvalue weighted by molar-refractivity contribution is 0.747. The third kappa shape index (κ3) is 3.81. The van der Waals surface area contributed by atoms with Crippen LogP contribution >= 0.6 is 0 Å². The lowest BCUT2D eigenvalue weighted by Crippen LogP contribution is -2.27. The van der Waals surface area contributed by atoms with Gasteiger partial charge < -0.3 is 4.90 Å². The molecule has 6 aromatic carbocycles. The number of benzene rings is 6. The van der Waals surface area contributed by atoms with Gasteiger partial charge in [-0.25, -0.2) is 0 Å². The Bertz CT molecular complexity index is 2170. The number of allylic oxidation sites excluding steroid dienone is 6. The lowest BCUT2D eigenvalue weighted by atomic mass is 9.68. The van der Waals surface area contributed by atoms with Gasteiger partial charge in [0.15, 0.2) is 0 Å². The molecule has 3 aliphatic rings. The predicted molar refractivity (Wildman–Crippen MR) is 188 cm³/mol. The summed E-state index contributed by atoms with van der Waals surface area (Å²) in [6.45, 7) is 0. The molecule has 0 amide bonds. The van der Waals surface area contributed by atoms with E-state index in [0.717, 1.165) is 23.5 Å². The summed E-state index contributed by atoms with van der Waals surface area (Å²) in [4.78, 5) is 2.40. The molecule has 1 spiro atoms. The molecule has 0 heterocycles. The zero-order chi connectivity index (χ0) is 29.8. The molecule has 0 saturated carbocycles. The van der Waals surface area contributed by atoms with Crippen LogP contribution in [0.3, 0.4) is 0 Å². The van der Waals surface area contributed by atoms with Crippen molar-refractivity contribution in [3.8, 4) is 22.3 Å². The molecule has 0 radical (unpaired) electrons. The van der Waals surface area contributed by atoms with Crippen molar-refractivity contribution < 1.29 is 0 Å². The number of nitrogens with zero attached hydrogens (tertiary/aromatic N) is 1. The van der Waals surface area contributed by atoms with Gasteiger partial charge in [0.1, 0.15) is 0 Å². The fourth-order valence-corrected chi connectivity index (χ4v) is 7.92. The second kappa shape index (κ2) is 10.2. The van der Waals surface area contributed by atoms with Gasteiger partial charge >= 0.3 is 0 Å². The van der Waals surface area contributed by atoms with E-state index in [4.69, 9.17) is 0 Å². The first-order valence-corrected chi connectivity index (χ1v) is 15.8. The van der Waals surface area contributed by atoms with Crippen LogP contribution in [0.2, 0.25) is 0 Å². The number of hydrogen-bond donors (Lipinski definition) is 0. The van der Waals surface area contributed by atoms with Gasteiger partial charge in [0, 0.05) is 17.1 Å². The van der Waals surface area contributed by atoms with Crippen molar-refractivity contribution in [2.75, 3.05) is 4.90 Å². The Hall–Kier alpha value is -5.66. The standard InChI is InChI=1S/C44H31N/c1-4-14-31(15-5-1)32-24-26-34(27-25-32)45(33-16-6-2-7-17-33)35-28-29-39-38-20-11-13-23-42(38)44(43(39)30-35)40-21-9-3-8-18-36(40)37-19-10-12-22-41(37)44/h1-20,22-30H,21H2. The molecule has 0 fully saturated rings. The SMILES string of the molecule is C1=CCC2=C(C=C1)c1ccccc1C21c2ccccc2-c2ccc(N(c3ccccc3)c3ccc(-c4ccccc4)cc3)cc21. The van der Waals surface area contributed by atoms with E-state index in [2.05, 4.69) is 181 Å². The number of hydrogen-bond acceptors (Lipinski definition) is 1. The Kier molecular flexibility index (Phi) is 5.86. The van der Waals surface area contributed by atoms with Crippen LogP contribution in [0.4, 0.5) is 17.1 Å². The molecule has 1 atom stereocenters. The Labute approximate surface area is 264 Å². The molecule has 0 saturated heterocycles. The first-order valence-electron chi connectivity index (χ1n) is 15.8. The molecular weight excluding hydrogens is 542 g/mol. The molecule has 45 heavy (non-hydrogen) atoms. The summed E-state index contributed by atoms with van der Waals surface area (Å²) in [6.07, 6.45) is 9.96. The van der Waals surface area contributed by atoms with Crippen molar-refractivity contribution >= 4 is 22.6 Å². The normalized spacial score (nSPS) is 17.1. The van der Waals surface area contributed by atoms with Crippen LogP contribution in [-0.4, -0.2) is 0 Å². The van der Waals surface area contributed by atoms with Gasteiger partial charge in [0.05, 0.1) is 5.41 Å². The van der Waals surface area contributed by atoms with Crippen LogP contribution in [-0.2, 0) is 5.41 Å². The number of para-hydroxylation sites is 1. The molecule has 9 rings (SSSR count). The highest BCUT2D eigenvalue weighted by Gasteiger charge is 2.52. The van der Waals surface area contributed by atoms with E-state index >= 15 is 0 Å². The minimum absolute atomic E-state index is 0.341. The van der Waals surface area contributed by atoms with E-state index < -0.39 is 0 Å². The van der Waals surface area contributed by atoms with Gasteiger partial charge in [0.2, 0.25) is 0 Å². The molecule has 0 bridgehead atoms. The molecule has 1 nitrogen and oxygen atoms in total. The second-order valence-corrected chi connectivity index (χ2v) is 12.0. The van der Waals surface area contributed by atoms with Crippen LogP contribution < -0.4 is 4.90 Å². The molecule has 0 aliphatic heterocycles. The average molecular weight is 574 g/mol. The van der Waals surface area contributed by atoms with Gasteiger partial charge in [-0.1, -0.05) is 140 Å². The molecule has 3 aliphatic carbocycles. The maximum atomic E-state index is 2.47. The predicted octanol–water partition coefficient (Wildman–Crippen LogP) is 11.4. The summed E-state index contributed by atoms with van der Waals surface area (Å²) >= 11 is 0. The third-order valence-corrected chi connectivity index (χ3v) is 9.76. The van der Waals surface area contributed by atoms with E-state index in [1.807, 2.05) is 0 Å². The fourth-order valence-electron chi connectivity index (χ4n) is 7.92. The maximum Gasteiger partial charge on any atom is 0.0692 e. The van der Waals surface area contributed by atoms with Crippen LogP contribution in [0, 0.1) is 0 Å². The van der Waals surface area contributed by atoms with Crippen molar-refractivity contribution in [2.45, 2.75) is 11.8 Å². The molecule has 212 valence electrons. The summed E-state index contributed by atoms with van der Waals surface area (Å²) < 4.78 is 0. The van der Waals surface area contributed by atoms with Gasteiger partial charge in [-0.2, -0.15) is 0 Å². The van der Waals surface area contributed by atoms with Crippen molar-refractivity contribution in [3.63, 3.8) is 0 Å². The van der Waals surface area contributed by atoms with Crippen LogP contribution in [0.25, 0.3) is 27.8 Å². The second-order valence-electron chi connectivity index (χ2n) is 12.0. The van der Waals surface area contributed by atoms with Crippen molar-refractivity contribution in [1.29, 1.82) is 0 Å². The molecule has 0 aromatic heterocycles. The average Bonchev–Trinajstić information content (AvgIpc) is 3.40. The largest absolute Gasteiger partial charge is 0.310 e. The van der Waals surface area contributed by atoms with Crippen molar-refractivity contribution in [2.24, 2.45) is 0 Å². The molecule has 1 unspecified atom stereocenters. The topological polar surface area (TPSA) is 3.24 Å². The molecule has 0 N–H and O–H groups in total. The van der Waals surface area contributed by atoms with Gasteiger partial charge in [-0.05, 0) is 98.5 Å². The zero-order valence-electron chi connectivity index (χ0n) is 24.9. The Balaban J connectivity index is 1.28. The number of fused-ring (bicyclic) bond motifs is 9. The zero-order valence-corrected chi connectivity index (χ0v) is 24.9.